The number of benzene rings is 1. The molecule has 0 spiro atoms. The minimum absolute atomic E-state index is 0.488. The van der Waals surface area contributed by atoms with E-state index in [1.54, 1.807) is 24.3 Å². The van der Waals surface area contributed by atoms with E-state index in [2.05, 4.69) is 26.0 Å². The van der Waals surface area contributed by atoms with E-state index < -0.39 is 11.9 Å². The molecule has 0 aliphatic carbocycles. The van der Waals surface area contributed by atoms with E-state index in [1.807, 2.05) is 0 Å². The van der Waals surface area contributed by atoms with Crippen LogP contribution in [0.25, 0.3) is 0 Å². The molecule has 1 N–H and O–H groups in total. The Labute approximate surface area is 114 Å². The second kappa shape index (κ2) is 7.71. The molecule has 1 aromatic rings. The smallest absolute Gasteiger partial charge is 0.396 e. The lowest BCUT2D eigenvalue weighted by molar-refractivity contribution is -0.150. The monoisotopic (exact) mass is 315 g/mol. The Hall–Kier alpha value is -1.56. The minimum atomic E-state index is -0.930. The number of rotatable bonds is 5. The molecular formula is C12H14BrNO4. The van der Waals surface area contributed by atoms with Gasteiger partial charge in [0.15, 0.2) is 0 Å². The first kappa shape index (κ1) is 14.5. The Kier molecular flexibility index (Phi) is 6.21. The van der Waals surface area contributed by atoms with Crippen molar-refractivity contribution in [3.63, 3.8) is 0 Å². The van der Waals surface area contributed by atoms with E-state index in [1.165, 1.54) is 0 Å². The number of amides is 1. The number of esters is 1. The van der Waals surface area contributed by atoms with Crippen LogP contribution in [0.2, 0.25) is 0 Å². The zero-order valence-corrected chi connectivity index (χ0v) is 11.5. The summed E-state index contributed by atoms with van der Waals surface area (Å²) < 4.78 is 9.76. The molecule has 0 aliphatic heterocycles. The lowest BCUT2D eigenvalue weighted by Crippen LogP contribution is -2.23. The number of nitrogens with one attached hydrogen (secondary N) is 1. The molecule has 6 heteroatoms. The van der Waals surface area contributed by atoms with Crippen molar-refractivity contribution in [2.75, 3.05) is 24.4 Å². The molecular weight excluding hydrogens is 302 g/mol. The van der Waals surface area contributed by atoms with Crippen LogP contribution in [0.15, 0.2) is 24.3 Å². The molecule has 0 saturated carbocycles. The maximum atomic E-state index is 11.3. The molecule has 0 unspecified atom stereocenters. The summed E-state index contributed by atoms with van der Waals surface area (Å²) in [6.45, 7) is 0.583. The topological polar surface area (TPSA) is 64.6 Å². The summed E-state index contributed by atoms with van der Waals surface area (Å²) >= 11 is 3.31. The molecule has 0 atom stereocenters. The lowest BCUT2D eigenvalue weighted by Gasteiger charge is -2.08. The maximum absolute atomic E-state index is 11.3. The van der Waals surface area contributed by atoms with Gasteiger partial charge in [0.25, 0.3) is 0 Å². The first-order valence-electron chi connectivity index (χ1n) is 5.35. The third-order valence-corrected chi connectivity index (χ3v) is 2.57. The van der Waals surface area contributed by atoms with Crippen LogP contribution in [0, 0.1) is 0 Å². The van der Waals surface area contributed by atoms with Crippen LogP contribution in [0.4, 0.5) is 5.69 Å². The standard InChI is InChI=1S/C12H14BrNO4/c1-17-12(16)11(15)14-9-4-2-5-10(8-9)18-7-3-6-13/h2,4-5,8H,3,6-7H2,1H3,(H,14,15). The molecule has 0 bridgehead atoms. The van der Waals surface area contributed by atoms with Gasteiger partial charge < -0.3 is 14.8 Å². The van der Waals surface area contributed by atoms with Crippen LogP contribution in [0.1, 0.15) is 6.42 Å². The highest BCUT2D eigenvalue weighted by Crippen LogP contribution is 2.17. The van der Waals surface area contributed by atoms with Crippen LogP contribution in [0.3, 0.4) is 0 Å². The summed E-state index contributed by atoms with van der Waals surface area (Å²) in [5.74, 6) is -1.10. The number of anilines is 1. The fraction of sp³-hybridized carbons (Fsp3) is 0.333. The number of halogens is 1. The van der Waals surface area contributed by atoms with Gasteiger partial charge in [0, 0.05) is 17.1 Å². The van der Waals surface area contributed by atoms with E-state index in [0.717, 1.165) is 18.9 Å². The number of hydrogen-bond acceptors (Lipinski definition) is 4. The number of carbonyl (C=O) groups excluding carboxylic acids is 2. The van der Waals surface area contributed by atoms with E-state index in [-0.39, 0.29) is 0 Å². The molecule has 18 heavy (non-hydrogen) atoms. The SMILES string of the molecule is COC(=O)C(=O)Nc1cccc(OCCCBr)c1. The van der Waals surface area contributed by atoms with Gasteiger partial charge in [-0.2, -0.15) is 0 Å². The van der Waals surface area contributed by atoms with Crippen LogP contribution in [0.5, 0.6) is 5.75 Å². The van der Waals surface area contributed by atoms with Crippen molar-refractivity contribution in [2.45, 2.75) is 6.42 Å². The fourth-order valence-corrected chi connectivity index (χ4v) is 1.41. The van der Waals surface area contributed by atoms with Crippen LogP contribution in [-0.2, 0) is 14.3 Å². The maximum Gasteiger partial charge on any atom is 0.396 e. The minimum Gasteiger partial charge on any atom is -0.493 e. The summed E-state index contributed by atoms with van der Waals surface area (Å²) in [7, 11) is 1.15. The van der Waals surface area contributed by atoms with Crippen molar-refractivity contribution in [2.24, 2.45) is 0 Å². The molecule has 0 fully saturated rings. The summed E-state index contributed by atoms with van der Waals surface area (Å²) in [6, 6.07) is 6.83. The molecule has 0 radical (unpaired) electrons. The van der Waals surface area contributed by atoms with Gasteiger partial charge in [-0.3, -0.25) is 4.79 Å². The number of alkyl halides is 1. The molecule has 0 saturated heterocycles. The van der Waals surface area contributed by atoms with Crippen LogP contribution in [-0.4, -0.2) is 30.9 Å². The van der Waals surface area contributed by atoms with Crippen molar-refractivity contribution < 1.29 is 19.1 Å². The molecule has 98 valence electrons. The van der Waals surface area contributed by atoms with E-state index in [4.69, 9.17) is 4.74 Å². The second-order valence-electron chi connectivity index (χ2n) is 3.36. The predicted octanol–water partition coefficient (Wildman–Crippen LogP) is 1.96. The first-order valence-corrected chi connectivity index (χ1v) is 6.47. The van der Waals surface area contributed by atoms with Crippen molar-refractivity contribution in [3.8, 4) is 5.75 Å². The van der Waals surface area contributed by atoms with Crippen LogP contribution >= 0.6 is 15.9 Å². The quantitative estimate of drug-likeness (QED) is 0.390. The van der Waals surface area contributed by atoms with Crippen molar-refractivity contribution in [1.29, 1.82) is 0 Å². The van der Waals surface area contributed by atoms with Crippen LogP contribution < -0.4 is 10.1 Å². The van der Waals surface area contributed by atoms with Gasteiger partial charge in [-0.1, -0.05) is 22.0 Å². The number of ether oxygens (including phenoxy) is 2. The molecule has 0 heterocycles. The highest BCUT2D eigenvalue weighted by Gasteiger charge is 2.13. The molecule has 0 aliphatic rings. The Morgan fingerprint density at radius 1 is 1.39 bits per heavy atom. The van der Waals surface area contributed by atoms with Gasteiger partial charge in [0.2, 0.25) is 0 Å². The van der Waals surface area contributed by atoms with Gasteiger partial charge in [0.1, 0.15) is 5.75 Å². The molecule has 0 aromatic heterocycles. The van der Waals surface area contributed by atoms with Gasteiger partial charge in [-0.25, -0.2) is 4.79 Å². The zero-order valence-electron chi connectivity index (χ0n) is 9.94. The third kappa shape index (κ3) is 4.75. The average Bonchev–Trinajstić information content (AvgIpc) is 2.38. The van der Waals surface area contributed by atoms with Crippen molar-refractivity contribution in [3.05, 3.63) is 24.3 Å². The number of hydrogen-bond donors (Lipinski definition) is 1. The molecule has 1 aromatic carbocycles. The predicted molar refractivity (Wildman–Crippen MR) is 71.0 cm³/mol. The average molecular weight is 316 g/mol. The molecule has 5 nitrogen and oxygen atoms in total. The highest BCUT2D eigenvalue weighted by atomic mass is 79.9. The molecule has 1 rings (SSSR count). The second-order valence-corrected chi connectivity index (χ2v) is 4.16. The summed E-state index contributed by atoms with van der Waals surface area (Å²) in [4.78, 5) is 22.2. The Balaban J connectivity index is 2.59. The lowest BCUT2D eigenvalue weighted by atomic mass is 10.3. The van der Waals surface area contributed by atoms with Gasteiger partial charge in [-0.15, -0.1) is 0 Å². The Morgan fingerprint density at radius 3 is 2.83 bits per heavy atom. The van der Waals surface area contributed by atoms with Crippen molar-refractivity contribution >= 4 is 33.5 Å². The summed E-state index contributed by atoms with van der Waals surface area (Å²) in [5.41, 5.74) is 0.488. The van der Waals surface area contributed by atoms with E-state index in [9.17, 15) is 9.59 Å². The summed E-state index contributed by atoms with van der Waals surface area (Å²) in [6.07, 6.45) is 0.888. The highest BCUT2D eigenvalue weighted by molar-refractivity contribution is 9.09. The van der Waals surface area contributed by atoms with Gasteiger partial charge in [-0.05, 0) is 18.6 Å². The van der Waals surface area contributed by atoms with E-state index in [0.29, 0.717) is 18.0 Å². The largest absolute Gasteiger partial charge is 0.493 e. The summed E-state index contributed by atoms with van der Waals surface area (Å²) in [5, 5.41) is 3.29. The Morgan fingerprint density at radius 2 is 2.17 bits per heavy atom. The number of carbonyl (C=O) groups is 2. The van der Waals surface area contributed by atoms with Crippen molar-refractivity contribution in [1.82, 2.24) is 0 Å². The first-order chi connectivity index (χ1) is 8.67. The van der Waals surface area contributed by atoms with Gasteiger partial charge in [0.05, 0.1) is 13.7 Å². The number of methoxy groups -OCH3 is 1. The normalized spacial score (nSPS) is 9.67. The fourth-order valence-electron chi connectivity index (χ4n) is 1.18. The Bertz CT molecular complexity index is 422. The molecule has 1 amide bonds. The van der Waals surface area contributed by atoms with E-state index >= 15 is 0 Å². The third-order valence-electron chi connectivity index (χ3n) is 2.01. The van der Waals surface area contributed by atoms with Gasteiger partial charge >= 0.3 is 11.9 Å². The zero-order chi connectivity index (χ0) is 13.4.